The van der Waals surface area contributed by atoms with Gasteiger partial charge in [0, 0.05) is 42.0 Å². The second kappa shape index (κ2) is 9.56. The minimum Gasteiger partial charge on any atom is -0.481 e. The fourth-order valence-corrected chi connectivity index (χ4v) is 4.63. The molecule has 0 aliphatic carbocycles. The van der Waals surface area contributed by atoms with Crippen LogP contribution in [0.3, 0.4) is 0 Å². The molecular weight excluding hydrogens is 462 g/mol. The normalized spacial score (nSPS) is 16.5. The lowest BCUT2D eigenvalue weighted by Gasteiger charge is -2.27. The van der Waals surface area contributed by atoms with Gasteiger partial charge in [0.15, 0.2) is 11.0 Å². The van der Waals surface area contributed by atoms with Gasteiger partial charge in [0.05, 0.1) is 12.8 Å². The van der Waals surface area contributed by atoms with E-state index in [2.05, 4.69) is 10.3 Å². The van der Waals surface area contributed by atoms with E-state index in [0.717, 1.165) is 5.56 Å². The average molecular weight is 482 g/mol. The van der Waals surface area contributed by atoms with E-state index in [1.807, 2.05) is 0 Å². The molecule has 1 amide bonds. The van der Waals surface area contributed by atoms with E-state index >= 15 is 0 Å². The van der Waals surface area contributed by atoms with Gasteiger partial charge in [0.25, 0.3) is 5.91 Å². The number of Topliss-reactive ketones (excluding diaryl/α,β-unsaturated/α-hetero) is 1. The number of hydrogen-bond donors (Lipinski definition) is 1. The van der Waals surface area contributed by atoms with Crippen molar-refractivity contribution in [2.45, 2.75) is 6.54 Å². The van der Waals surface area contributed by atoms with E-state index in [4.69, 9.17) is 16.3 Å². The number of carbonyl (C=O) groups excluding carboxylic acids is 2. The molecular formula is C24H20ClN3O4S. The summed E-state index contributed by atoms with van der Waals surface area (Å²) in [4.78, 5) is 30.1. The number of ketones is 1. The summed E-state index contributed by atoms with van der Waals surface area (Å²) in [5, 5.41) is 3.40. The number of ether oxygens (including phenoxy) is 1. The lowest BCUT2D eigenvalue weighted by molar-refractivity contribution is 0.0951. The number of pyridine rings is 1. The predicted molar refractivity (Wildman–Crippen MR) is 129 cm³/mol. The lowest BCUT2D eigenvalue weighted by atomic mass is 10.0. The van der Waals surface area contributed by atoms with Gasteiger partial charge < -0.3 is 10.1 Å². The van der Waals surface area contributed by atoms with Crippen molar-refractivity contribution in [3.8, 4) is 5.88 Å². The number of nitrogens with one attached hydrogen (secondary N) is 1. The quantitative estimate of drug-likeness (QED) is 0.556. The van der Waals surface area contributed by atoms with E-state index in [-0.39, 0.29) is 23.1 Å². The maximum atomic E-state index is 13.2. The molecule has 0 spiro atoms. The van der Waals surface area contributed by atoms with Crippen molar-refractivity contribution in [3.05, 3.63) is 93.0 Å². The van der Waals surface area contributed by atoms with Crippen LogP contribution in [0.15, 0.2) is 65.7 Å². The Morgan fingerprint density at radius 3 is 2.67 bits per heavy atom. The second-order valence-electron chi connectivity index (χ2n) is 7.26. The Balaban J connectivity index is 1.59. The highest BCUT2D eigenvalue weighted by molar-refractivity contribution is 7.91. The molecule has 0 bridgehead atoms. The van der Waals surface area contributed by atoms with Crippen molar-refractivity contribution in [1.82, 2.24) is 10.3 Å². The van der Waals surface area contributed by atoms with E-state index in [9.17, 15) is 13.8 Å². The van der Waals surface area contributed by atoms with Crippen LogP contribution in [0.1, 0.15) is 31.8 Å². The van der Waals surface area contributed by atoms with E-state index < -0.39 is 11.0 Å². The number of benzene rings is 2. The molecule has 1 atom stereocenters. The zero-order valence-electron chi connectivity index (χ0n) is 17.9. The molecule has 0 saturated heterocycles. The molecule has 1 unspecified atom stereocenters. The number of fused-ring (bicyclic) bond motifs is 1. The molecule has 3 aromatic rings. The summed E-state index contributed by atoms with van der Waals surface area (Å²) in [6.45, 7) is 0.272. The van der Waals surface area contributed by atoms with Crippen LogP contribution in [0, 0.1) is 0 Å². The monoisotopic (exact) mass is 481 g/mol. The molecule has 1 aliphatic heterocycles. The molecule has 1 N–H and O–H groups in total. The van der Waals surface area contributed by atoms with Crippen LogP contribution < -0.4 is 14.4 Å². The van der Waals surface area contributed by atoms with Gasteiger partial charge >= 0.3 is 0 Å². The Morgan fingerprint density at radius 1 is 1.18 bits per heavy atom. The number of rotatable bonds is 5. The molecule has 0 saturated carbocycles. The largest absolute Gasteiger partial charge is 0.481 e. The highest BCUT2D eigenvalue weighted by Gasteiger charge is 2.32. The molecule has 9 heteroatoms. The maximum absolute atomic E-state index is 13.2. The van der Waals surface area contributed by atoms with Gasteiger partial charge in [-0.2, -0.15) is 0 Å². The summed E-state index contributed by atoms with van der Waals surface area (Å²) >= 11 is 5.93. The summed E-state index contributed by atoms with van der Waals surface area (Å²) in [7, 11) is 1.49. The third-order valence-corrected chi connectivity index (χ3v) is 6.76. The first-order valence-corrected chi connectivity index (χ1v) is 11.4. The molecule has 168 valence electrons. The topological polar surface area (TPSA) is 88.6 Å². The third kappa shape index (κ3) is 4.81. The third-order valence-electron chi connectivity index (χ3n) is 5.13. The van der Waals surface area contributed by atoms with Crippen LogP contribution in [-0.2, 0) is 17.5 Å². The zero-order valence-corrected chi connectivity index (χ0v) is 19.4. The van der Waals surface area contributed by atoms with Gasteiger partial charge in [0.1, 0.15) is 4.91 Å². The lowest BCUT2D eigenvalue weighted by Crippen LogP contribution is -2.32. The Kier molecular flexibility index (Phi) is 6.57. The minimum absolute atomic E-state index is 0.133. The van der Waals surface area contributed by atoms with Crippen molar-refractivity contribution >= 4 is 46.0 Å². The van der Waals surface area contributed by atoms with Gasteiger partial charge in [-0.3, -0.25) is 13.9 Å². The Bertz CT molecular complexity index is 1290. The summed E-state index contributed by atoms with van der Waals surface area (Å²) in [6.07, 6.45) is 3.18. The maximum Gasteiger partial charge on any atom is 0.251 e. The number of nitrogens with zero attached hydrogens (tertiary/aromatic N) is 2. The first kappa shape index (κ1) is 22.7. The molecule has 2 aromatic carbocycles. The van der Waals surface area contributed by atoms with Gasteiger partial charge in [-0.15, -0.1) is 0 Å². The number of aromatic nitrogens is 1. The number of amides is 1. The highest BCUT2D eigenvalue weighted by Crippen LogP contribution is 2.33. The molecule has 7 nitrogen and oxygen atoms in total. The molecule has 1 aliphatic rings. The average Bonchev–Trinajstić information content (AvgIpc) is 2.84. The van der Waals surface area contributed by atoms with Gasteiger partial charge in [-0.1, -0.05) is 23.7 Å². The number of methoxy groups -OCH3 is 1. The zero-order chi connectivity index (χ0) is 23.5. The van der Waals surface area contributed by atoms with Crippen LogP contribution in [0.25, 0.3) is 6.08 Å². The molecule has 0 fully saturated rings. The number of anilines is 1. The number of halogens is 1. The summed E-state index contributed by atoms with van der Waals surface area (Å²) in [5.74, 6) is -0.263. The number of allylic oxidation sites excluding steroid dienone is 1. The van der Waals surface area contributed by atoms with Crippen LogP contribution in [0.2, 0.25) is 5.02 Å². The van der Waals surface area contributed by atoms with Crippen LogP contribution in [0.4, 0.5) is 5.69 Å². The van der Waals surface area contributed by atoms with Crippen molar-refractivity contribution in [2.24, 2.45) is 0 Å². The summed E-state index contributed by atoms with van der Waals surface area (Å²) in [5.41, 5.74) is 2.68. The molecule has 1 aromatic heterocycles. The van der Waals surface area contributed by atoms with Crippen molar-refractivity contribution in [2.75, 3.05) is 18.5 Å². The fraction of sp³-hybridized carbons (Fsp3) is 0.125. The first-order valence-electron chi connectivity index (χ1n) is 9.96. The van der Waals surface area contributed by atoms with Crippen molar-refractivity contribution < 1.29 is 18.5 Å². The standard InChI is InChI=1S/C24H20ClN3O4S/c1-28-20-8-5-17(24(30)27-14-16-9-10-26-22(12-16)32-2)13-19(20)23(29)21(33(28)31)11-15-3-6-18(25)7-4-15/h3-13H,14H2,1-2H3,(H,27,30)/b21-11-. The summed E-state index contributed by atoms with van der Waals surface area (Å²) < 4.78 is 19.5. The fourth-order valence-electron chi connectivity index (χ4n) is 3.37. The SMILES string of the molecule is COc1cc(CNC(=O)c2ccc3c(c2)C(=O)/C(=C/c2ccc(Cl)cc2)S(=O)N3C)ccn1. The molecule has 4 rings (SSSR count). The second-order valence-corrected chi connectivity index (χ2v) is 9.18. The van der Waals surface area contributed by atoms with Crippen LogP contribution in [0.5, 0.6) is 5.88 Å². The van der Waals surface area contributed by atoms with Crippen LogP contribution >= 0.6 is 11.6 Å². The molecule has 33 heavy (non-hydrogen) atoms. The molecule has 2 heterocycles. The molecule has 0 radical (unpaired) electrons. The van der Waals surface area contributed by atoms with Gasteiger partial charge in [0.2, 0.25) is 11.7 Å². The van der Waals surface area contributed by atoms with E-state index in [1.165, 1.54) is 17.5 Å². The van der Waals surface area contributed by atoms with E-state index in [0.29, 0.717) is 33.3 Å². The Hall–Kier alpha value is -3.49. The Morgan fingerprint density at radius 2 is 1.94 bits per heavy atom. The summed E-state index contributed by atoms with van der Waals surface area (Å²) in [6, 6.07) is 15.2. The smallest absolute Gasteiger partial charge is 0.251 e. The number of hydrogen-bond acceptors (Lipinski definition) is 5. The van der Waals surface area contributed by atoms with E-state index in [1.54, 1.807) is 67.9 Å². The highest BCUT2D eigenvalue weighted by atomic mass is 35.5. The first-order chi connectivity index (χ1) is 15.9. The van der Waals surface area contributed by atoms with Crippen molar-refractivity contribution in [3.63, 3.8) is 0 Å². The Labute approximate surface area is 198 Å². The minimum atomic E-state index is -1.68. The van der Waals surface area contributed by atoms with Crippen LogP contribution in [-0.4, -0.2) is 35.0 Å². The van der Waals surface area contributed by atoms with Gasteiger partial charge in [-0.25, -0.2) is 9.19 Å². The van der Waals surface area contributed by atoms with Gasteiger partial charge in [-0.05, 0) is 53.6 Å². The van der Waals surface area contributed by atoms with Crippen molar-refractivity contribution in [1.29, 1.82) is 0 Å². The number of carbonyl (C=O) groups is 2. The predicted octanol–water partition coefficient (Wildman–Crippen LogP) is 4.01.